The summed E-state index contributed by atoms with van der Waals surface area (Å²) in [5.74, 6) is 2.21. The Kier molecular flexibility index (Phi) is 4.75. The van der Waals surface area contributed by atoms with Crippen molar-refractivity contribution in [1.82, 2.24) is 0 Å². The van der Waals surface area contributed by atoms with Crippen LogP contribution in [0.5, 0.6) is 17.2 Å². The molecule has 0 spiro atoms. The highest BCUT2D eigenvalue weighted by molar-refractivity contribution is 5.57. The Bertz CT molecular complexity index is 603. The second-order valence-corrected chi connectivity index (χ2v) is 4.48. The smallest absolute Gasteiger partial charge is 0.203 e. The molecule has 2 aromatic rings. The van der Waals surface area contributed by atoms with Crippen LogP contribution < -0.4 is 14.2 Å². The van der Waals surface area contributed by atoms with Gasteiger partial charge in [0.1, 0.15) is 11.9 Å². The fourth-order valence-corrected chi connectivity index (χ4v) is 2.39. The van der Waals surface area contributed by atoms with Gasteiger partial charge in [0.15, 0.2) is 11.5 Å². The number of aryl methyl sites for hydroxylation is 1. The van der Waals surface area contributed by atoms with Crippen LogP contribution in [-0.2, 0) is 6.42 Å². The lowest BCUT2D eigenvalue weighted by atomic mass is 9.99. The SMILES string of the molecule is CCc1occc1C(O)c1ccc(OC)c(OC)c1OC. The summed E-state index contributed by atoms with van der Waals surface area (Å²) in [7, 11) is 4.62. The summed E-state index contributed by atoms with van der Waals surface area (Å²) in [4.78, 5) is 0. The highest BCUT2D eigenvalue weighted by Crippen LogP contribution is 2.43. The van der Waals surface area contributed by atoms with Crippen LogP contribution >= 0.6 is 0 Å². The van der Waals surface area contributed by atoms with Crippen molar-refractivity contribution in [2.24, 2.45) is 0 Å². The molecule has 0 radical (unpaired) electrons. The first-order valence-corrected chi connectivity index (χ1v) is 6.71. The summed E-state index contributed by atoms with van der Waals surface area (Å²) < 4.78 is 21.4. The number of benzene rings is 1. The molecule has 1 aromatic carbocycles. The number of hydrogen-bond donors (Lipinski definition) is 1. The molecule has 1 unspecified atom stereocenters. The van der Waals surface area contributed by atoms with Gasteiger partial charge in [0, 0.05) is 17.5 Å². The first kappa shape index (κ1) is 15.3. The van der Waals surface area contributed by atoms with Gasteiger partial charge in [0.2, 0.25) is 5.75 Å². The van der Waals surface area contributed by atoms with Crippen LogP contribution in [0.1, 0.15) is 29.9 Å². The van der Waals surface area contributed by atoms with Crippen molar-refractivity contribution >= 4 is 0 Å². The van der Waals surface area contributed by atoms with E-state index in [9.17, 15) is 5.11 Å². The van der Waals surface area contributed by atoms with E-state index in [1.54, 1.807) is 31.6 Å². The molecule has 1 heterocycles. The minimum absolute atomic E-state index is 0.451. The minimum atomic E-state index is -0.853. The van der Waals surface area contributed by atoms with Gasteiger partial charge in [-0.15, -0.1) is 0 Å². The molecule has 0 bridgehead atoms. The quantitative estimate of drug-likeness (QED) is 0.887. The van der Waals surface area contributed by atoms with Crippen LogP contribution in [0.3, 0.4) is 0 Å². The largest absolute Gasteiger partial charge is 0.493 e. The van der Waals surface area contributed by atoms with E-state index in [0.29, 0.717) is 29.2 Å². The van der Waals surface area contributed by atoms with E-state index >= 15 is 0 Å². The number of methoxy groups -OCH3 is 3. The highest BCUT2D eigenvalue weighted by atomic mass is 16.5. The van der Waals surface area contributed by atoms with Gasteiger partial charge in [-0.3, -0.25) is 0 Å². The average Bonchev–Trinajstić information content (AvgIpc) is 3.00. The van der Waals surface area contributed by atoms with Gasteiger partial charge in [-0.25, -0.2) is 0 Å². The molecule has 0 amide bonds. The fourth-order valence-electron chi connectivity index (χ4n) is 2.39. The molecule has 1 N–H and O–H groups in total. The average molecular weight is 292 g/mol. The molecule has 5 nitrogen and oxygen atoms in total. The van der Waals surface area contributed by atoms with Crippen LogP contribution in [0.25, 0.3) is 0 Å². The van der Waals surface area contributed by atoms with Crippen LogP contribution in [0, 0.1) is 0 Å². The molecule has 1 aromatic heterocycles. The maximum Gasteiger partial charge on any atom is 0.203 e. The predicted molar refractivity (Wildman–Crippen MR) is 78.2 cm³/mol. The first-order chi connectivity index (χ1) is 10.2. The van der Waals surface area contributed by atoms with Gasteiger partial charge in [0.25, 0.3) is 0 Å². The lowest BCUT2D eigenvalue weighted by Crippen LogP contribution is -2.05. The second-order valence-electron chi connectivity index (χ2n) is 4.48. The Labute approximate surface area is 124 Å². The van der Waals surface area contributed by atoms with Crippen molar-refractivity contribution < 1.29 is 23.7 Å². The van der Waals surface area contributed by atoms with Crippen molar-refractivity contribution in [2.45, 2.75) is 19.4 Å². The van der Waals surface area contributed by atoms with Gasteiger partial charge in [0.05, 0.1) is 27.6 Å². The van der Waals surface area contributed by atoms with Crippen LogP contribution in [-0.4, -0.2) is 26.4 Å². The standard InChI is InChI=1S/C16H20O5/c1-5-12-10(8-9-21-12)14(17)11-6-7-13(18-2)16(20-4)15(11)19-3/h6-9,14,17H,5H2,1-4H3. The molecule has 5 heteroatoms. The van der Waals surface area contributed by atoms with E-state index in [1.165, 1.54) is 14.2 Å². The van der Waals surface area contributed by atoms with Gasteiger partial charge >= 0.3 is 0 Å². The van der Waals surface area contributed by atoms with Crippen molar-refractivity contribution in [3.63, 3.8) is 0 Å². The van der Waals surface area contributed by atoms with Gasteiger partial charge in [-0.05, 0) is 18.2 Å². The van der Waals surface area contributed by atoms with Crippen LogP contribution in [0.2, 0.25) is 0 Å². The molecule has 2 rings (SSSR count). The molecule has 0 fully saturated rings. The normalized spacial score (nSPS) is 12.0. The Hall–Kier alpha value is -2.14. The zero-order chi connectivity index (χ0) is 15.4. The van der Waals surface area contributed by atoms with Crippen molar-refractivity contribution in [3.05, 3.63) is 41.3 Å². The topological polar surface area (TPSA) is 61.1 Å². The molecule has 0 saturated carbocycles. The molecule has 21 heavy (non-hydrogen) atoms. The molecule has 0 aliphatic carbocycles. The van der Waals surface area contributed by atoms with Crippen LogP contribution in [0.4, 0.5) is 0 Å². The van der Waals surface area contributed by atoms with Crippen molar-refractivity contribution in [3.8, 4) is 17.2 Å². The lowest BCUT2D eigenvalue weighted by Gasteiger charge is -2.19. The summed E-state index contributed by atoms with van der Waals surface area (Å²) in [5, 5.41) is 10.7. The summed E-state index contributed by atoms with van der Waals surface area (Å²) in [5.41, 5.74) is 1.33. The van der Waals surface area contributed by atoms with E-state index in [-0.39, 0.29) is 0 Å². The van der Waals surface area contributed by atoms with E-state index in [1.807, 2.05) is 6.92 Å². The zero-order valence-electron chi connectivity index (χ0n) is 12.7. The summed E-state index contributed by atoms with van der Waals surface area (Å²) in [6, 6.07) is 5.27. The van der Waals surface area contributed by atoms with E-state index < -0.39 is 6.10 Å². The molecule has 0 saturated heterocycles. The number of aliphatic hydroxyl groups is 1. The van der Waals surface area contributed by atoms with Gasteiger partial charge < -0.3 is 23.7 Å². The second kappa shape index (κ2) is 6.54. The van der Waals surface area contributed by atoms with E-state index in [2.05, 4.69) is 0 Å². The third-order valence-electron chi connectivity index (χ3n) is 3.42. The molecule has 0 aliphatic rings. The fraction of sp³-hybridized carbons (Fsp3) is 0.375. The van der Waals surface area contributed by atoms with Gasteiger partial charge in [-0.1, -0.05) is 6.92 Å². The molecule has 1 atom stereocenters. The maximum absolute atomic E-state index is 10.7. The zero-order valence-corrected chi connectivity index (χ0v) is 12.7. The van der Waals surface area contributed by atoms with E-state index in [4.69, 9.17) is 18.6 Å². The Morgan fingerprint density at radius 3 is 2.29 bits per heavy atom. The monoisotopic (exact) mass is 292 g/mol. The number of hydrogen-bond acceptors (Lipinski definition) is 5. The molecular formula is C16H20O5. The predicted octanol–water partition coefficient (Wildman–Crippen LogP) is 2.95. The van der Waals surface area contributed by atoms with E-state index in [0.717, 1.165) is 11.3 Å². The molecule has 0 aliphatic heterocycles. The minimum Gasteiger partial charge on any atom is -0.493 e. The number of aliphatic hydroxyl groups excluding tert-OH is 1. The number of ether oxygens (including phenoxy) is 3. The first-order valence-electron chi connectivity index (χ1n) is 6.71. The Morgan fingerprint density at radius 1 is 1.00 bits per heavy atom. The number of furan rings is 1. The summed E-state index contributed by atoms with van der Waals surface area (Å²) in [6.07, 6.45) is 1.42. The summed E-state index contributed by atoms with van der Waals surface area (Å²) in [6.45, 7) is 1.97. The van der Waals surface area contributed by atoms with Crippen molar-refractivity contribution in [1.29, 1.82) is 0 Å². The Balaban J connectivity index is 2.53. The maximum atomic E-state index is 10.7. The summed E-state index contributed by atoms with van der Waals surface area (Å²) >= 11 is 0. The van der Waals surface area contributed by atoms with Crippen LogP contribution in [0.15, 0.2) is 28.9 Å². The van der Waals surface area contributed by atoms with Crippen molar-refractivity contribution in [2.75, 3.05) is 21.3 Å². The highest BCUT2D eigenvalue weighted by Gasteiger charge is 2.24. The third-order valence-corrected chi connectivity index (χ3v) is 3.42. The molecule has 114 valence electrons. The molecular weight excluding hydrogens is 272 g/mol. The Morgan fingerprint density at radius 2 is 1.71 bits per heavy atom. The number of rotatable bonds is 6. The third kappa shape index (κ3) is 2.69. The lowest BCUT2D eigenvalue weighted by molar-refractivity contribution is 0.209. The van der Waals surface area contributed by atoms with Gasteiger partial charge in [-0.2, -0.15) is 0 Å².